The highest BCUT2D eigenvalue weighted by molar-refractivity contribution is 5.89. The molecule has 0 aromatic heterocycles. The highest BCUT2D eigenvalue weighted by atomic mass is 16.5. The molecule has 0 heterocycles. The Bertz CT molecular complexity index is 618. The van der Waals surface area contributed by atoms with Gasteiger partial charge in [-0.25, -0.2) is 9.59 Å². The molecule has 1 rings (SSSR count). The number of ether oxygens (including phenoxy) is 1. The molecule has 7 heteroatoms. The molecular formula is C20H30N2O5. The molecule has 1 aromatic carbocycles. The number of carbonyl (C=O) groups is 3. The fourth-order valence-corrected chi connectivity index (χ4v) is 2.55. The zero-order valence-electron chi connectivity index (χ0n) is 16.4. The Hall–Kier alpha value is -2.57. The summed E-state index contributed by atoms with van der Waals surface area (Å²) in [5, 5.41) is 14.4. The first-order valence-electron chi connectivity index (χ1n) is 9.24. The van der Waals surface area contributed by atoms with Gasteiger partial charge < -0.3 is 20.5 Å². The van der Waals surface area contributed by atoms with Gasteiger partial charge in [0.15, 0.2) is 0 Å². The molecule has 150 valence electrons. The maximum Gasteiger partial charge on any atom is 0.408 e. The van der Waals surface area contributed by atoms with Crippen molar-refractivity contribution in [3.63, 3.8) is 0 Å². The third-order valence-corrected chi connectivity index (χ3v) is 4.31. The summed E-state index contributed by atoms with van der Waals surface area (Å²) in [6.07, 6.45) is 0.271. The lowest BCUT2D eigenvalue weighted by molar-refractivity contribution is -0.143. The monoisotopic (exact) mass is 378 g/mol. The zero-order chi connectivity index (χ0) is 20.4. The molecule has 3 N–H and O–H groups in total. The van der Waals surface area contributed by atoms with Gasteiger partial charge in [-0.05, 0) is 23.8 Å². The van der Waals surface area contributed by atoms with E-state index in [2.05, 4.69) is 10.6 Å². The minimum atomic E-state index is -1.09. The lowest BCUT2D eigenvalue weighted by Crippen LogP contribution is -2.53. The van der Waals surface area contributed by atoms with E-state index in [4.69, 9.17) is 4.74 Å². The third kappa shape index (κ3) is 8.11. The van der Waals surface area contributed by atoms with Crippen molar-refractivity contribution in [3.05, 3.63) is 35.9 Å². The van der Waals surface area contributed by atoms with E-state index in [9.17, 15) is 19.5 Å². The third-order valence-electron chi connectivity index (χ3n) is 4.31. The Morgan fingerprint density at radius 3 is 2.22 bits per heavy atom. The van der Waals surface area contributed by atoms with Crippen molar-refractivity contribution in [1.29, 1.82) is 0 Å². The number of carboxylic acids is 1. The standard InChI is InChI=1S/C20H30N2O5/c1-5-14(4)17(19(24)25)22-18(23)16(11-13(2)3)21-20(26)27-12-15-9-7-6-8-10-15/h6-10,13-14,16-17H,5,11-12H2,1-4H3,(H,21,26)(H,22,23)(H,24,25)/t14-,16-,17+/m1/s1. The highest BCUT2D eigenvalue weighted by Crippen LogP contribution is 2.11. The van der Waals surface area contributed by atoms with Crippen molar-refractivity contribution in [3.8, 4) is 0 Å². The van der Waals surface area contributed by atoms with Crippen molar-refractivity contribution >= 4 is 18.0 Å². The van der Waals surface area contributed by atoms with Crippen LogP contribution in [0.1, 0.15) is 46.1 Å². The SMILES string of the molecule is CC[C@@H](C)[C@H](NC(=O)[C@@H](CC(C)C)NC(=O)OCc1ccccc1)C(=O)O. The second kappa shape index (κ2) is 11.2. The first kappa shape index (κ1) is 22.5. The average molecular weight is 378 g/mol. The van der Waals surface area contributed by atoms with Gasteiger partial charge in [-0.1, -0.05) is 64.4 Å². The fourth-order valence-electron chi connectivity index (χ4n) is 2.55. The number of amides is 2. The minimum Gasteiger partial charge on any atom is -0.480 e. The lowest BCUT2D eigenvalue weighted by atomic mass is 9.97. The van der Waals surface area contributed by atoms with E-state index >= 15 is 0 Å². The molecule has 0 spiro atoms. The van der Waals surface area contributed by atoms with Crippen LogP contribution < -0.4 is 10.6 Å². The molecule has 2 amide bonds. The van der Waals surface area contributed by atoms with Gasteiger partial charge >= 0.3 is 12.1 Å². The van der Waals surface area contributed by atoms with Crippen LogP contribution in [-0.4, -0.2) is 35.2 Å². The minimum absolute atomic E-state index is 0.0906. The molecule has 0 aliphatic carbocycles. The van der Waals surface area contributed by atoms with E-state index in [1.165, 1.54) is 0 Å². The van der Waals surface area contributed by atoms with Crippen LogP contribution in [0.2, 0.25) is 0 Å². The van der Waals surface area contributed by atoms with Gasteiger partial charge in [0.2, 0.25) is 5.91 Å². The van der Waals surface area contributed by atoms with Crippen LogP contribution in [0.5, 0.6) is 0 Å². The fraction of sp³-hybridized carbons (Fsp3) is 0.550. The molecule has 0 radical (unpaired) electrons. The van der Waals surface area contributed by atoms with E-state index in [0.29, 0.717) is 12.8 Å². The van der Waals surface area contributed by atoms with E-state index in [1.807, 2.05) is 51.1 Å². The molecular weight excluding hydrogens is 348 g/mol. The molecule has 0 saturated carbocycles. The number of nitrogens with one attached hydrogen (secondary N) is 2. The van der Waals surface area contributed by atoms with Crippen LogP contribution >= 0.6 is 0 Å². The first-order chi connectivity index (χ1) is 12.7. The molecule has 7 nitrogen and oxygen atoms in total. The first-order valence-corrected chi connectivity index (χ1v) is 9.24. The predicted octanol–water partition coefficient (Wildman–Crippen LogP) is 2.94. The van der Waals surface area contributed by atoms with Crippen LogP contribution in [0.25, 0.3) is 0 Å². The second-order valence-corrected chi connectivity index (χ2v) is 7.10. The number of hydrogen-bond acceptors (Lipinski definition) is 4. The van der Waals surface area contributed by atoms with Crippen LogP contribution in [0.3, 0.4) is 0 Å². The quantitative estimate of drug-likeness (QED) is 0.581. The molecule has 27 heavy (non-hydrogen) atoms. The zero-order valence-corrected chi connectivity index (χ0v) is 16.4. The summed E-state index contributed by atoms with van der Waals surface area (Å²) >= 11 is 0. The maximum absolute atomic E-state index is 12.6. The number of alkyl carbamates (subject to hydrolysis) is 1. The maximum atomic E-state index is 12.6. The average Bonchev–Trinajstić information content (AvgIpc) is 2.63. The molecule has 0 unspecified atom stereocenters. The van der Waals surface area contributed by atoms with Gasteiger partial charge in [0.1, 0.15) is 18.7 Å². The van der Waals surface area contributed by atoms with Crippen molar-refractivity contribution in [2.24, 2.45) is 11.8 Å². The summed E-state index contributed by atoms with van der Waals surface area (Å²) in [6.45, 7) is 7.55. The summed E-state index contributed by atoms with van der Waals surface area (Å²) in [5.74, 6) is -1.71. The van der Waals surface area contributed by atoms with Crippen LogP contribution in [0.15, 0.2) is 30.3 Å². The van der Waals surface area contributed by atoms with Crippen LogP contribution in [0, 0.1) is 11.8 Å². The smallest absolute Gasteiger partial charge is 0.408 e. The molecule has 3 atom stereocenters. The highest BCUT2D eigenvalue weighted by Gasteiger charge is 2.30. The van der Waals surface area contributed by atoms with E-state index in [0.717, 1.165) is 5.56 Å². The van der Waals surface area contributed by atoms with Gasteiger partial charge in [-0.2, -0.15) is 0 Å². The number of hydrogen-bond donors (Lipinski definition) is 3. The van der Waals surface area contributed by atoms with E-state index in [1.54, 1.807) is 6.92 Å². The Kier molecular flexibility index (Phi) is 9.33. The van der Waals surface area contributed by atoms with E-state index < -0.39 is 30.1 Å². The Labute approximate surface area is 160 Å². The van der Waals surface area contributed by atoms with Gasteiger partial charge in [0.25, 0.3) is 0 Å². The van der Waals surface area contributed by atoms with Crippen molar-refractivity contribution in [1.82, 2.24) is 10.6 Å². The summed E-state index contributed by atoms with van der Waals surface area (Å²) in [4.78, 5) is 36.1. The van der Waals surface area contributed by atoms with Crippen molar-refractivity contribution in [2.75, 3.05) is 0 Å². The number of rotatable bonds is 10. The molecule has 0 bridgehead atoms. The second-order valence-electron chi connectivity index (χ2n) is 7.10. The topological polar surface area (TPSA) is 105 Å². The summed E-state index contributed by atoms with van der Waals surface area (Å²) in [5.41, 5.74) is 0.834. The van der Waals surface area contributed by atoms with Crippen molar-refractivity contribution < 1.29 is 24.2 Å². The predicted molar refractivity (Wildman–Crippen MR) is 102 cm³/mol. The van der Waals surface area contributed by atoms with Crippen molar-refractivity contribution in [2.45, 2.75) is 59.2 Å². The molecule has 0 fully saturated rings. The molecule has 0 aliphatic heterocycles. The van der Waals surface area contributed by atoms with Crippen LogP contribution in [-0.2, 0) is 20.9 Å². The van der Waals surface area contributed by atoms with Gasteiger partial charge in [0.05, 0.1) is 0 Å². The molecule has 0 saturated heterocycles. The lowest BCUT2D eigenvalue weighted by Gasteiger charge is -2.25. The number of benzene rings is 1. The molecule has 1 aromatic rings. The number of aliphatic carboxylic acids is 1. The summed E-state index contributed by atoms with van der Waals surface area (Å²) in [7, 11) is 0. The number of carbonyl (C=O) groups excluding carboxylic acids is 2. The summed E-state index contributed by atoms with van der Waals surface area (Å²) in [6, 6.07) is 7.34. The van der Waals surface area contributed by atoms with Crippen LogP contribution in [0.4, 0.5) is 4.79 Å². The van der Waals surface area contributed by atoms with Gasteiger partial charge in [0, 0.05) is 0 Å². The Morgan fingerprint density at radius 1 is 1.07 bits per heavy atom. The van der Waals surface area contributed by atoms with E-state index in [-0.39, 0.29) is 18.4 Å². The van der Waals surface area contributed by atoms with Gasteiger partial charge in [-0.3, -0.25) is 4.79 Å². The normalized spacial score (nSPS) is 14.1. The Balaban J connectivity index is 2.71. The van der Waals surface area contributed by atoms with Gasteiger partial charge in [-0.15, -0.1) is 0 Å². The Morgan fingerprint density at radius 2 is 1.70 bits per heavy atom. The molecule has 0 aliphatic rings. The number of carboxylic acid groups (broad SMARTS) is 1. The summed E-state index contributed by atoms with van der Waals surface area (Å²) < 4.78 is 5.16. The largest absolute Gasteiger partial charge is 0.480 e.